The molecule has 34 heavy (non-hydrogen) atoms. The zero-order valence-corrected chi connectivity index (χ0v) is 18.9. The fraction of sp³-hybridized carbons (Fsp3) is 0.391. The van der Waals surface area contributed by atoms with E-state index in [0.29, 0.717) is 42.0 Å². The second kappa shape index (κ2) is 9.05. The van der Waals surface area contributed by atoms with Gasteiger partial charge in [-0.25, -0.2) is 19.4 Å². The van der Waals surface area contributed by atoms with Crippen LogP contribution < -0.4 is 5.32 Å². The van der Waals surface area contributed by atoms with Gasteiger partial charge in [-0.1, -0.05) is 6.08 Å². The number of anilines is 1. The second-order valence-electron chi connectivity index (χ2n) is 8.81. The van der Waals surface area contributed by atoms with Gasteiger partial charge in [0.25, 0.3) is 0 Å². The molecule has 3 heterocycles. The summed E-state index contributed by atoms with van der Waals surface area (Å²) in [5, 5.41) is 7.01. The fourth-order valence-electron chi connectivity index (χ4n) is 3.48. The molecule has 0 saturated heterocycles. The molecule has 0 spiro atoms. The van der Waals surface area contributed by atoms with Gasteiger partial charge in [-0.05, 0) is 57.0 Å². The van der Waals surface area contributed by atoms with Crippen LogP contribution in [0.25, 0.3) is 28.0 Å². The van der Waals surface area contributed by atoms with Gasteiger partial charge >= 0.3 is 12.3 Å². The van der Waals surface area contributed by atoms with E-state index in [1.165, 1.54) is 6.20 Å². The van der Waals surface area contributed by atoms with Gasteiger partial charge in [-0.2, -0.15) is 18.3 Å². The molecule has 8 nitrogen and oxygen atoms in total. The van der Waals surface area contributed by atoms with Crippen LogP contribution in [0.3, 0.4) is 0 Å². The highest BCUT2D eigenvalue weighted by atomic mass is 19.4. The van der Waals surface area contributed by atoms with Crippen molar-refractivity contribution < 1.29 is 27.4 Å². The van der Waals surface area contributed by atoms with Crippen LogP contribution >= 0.6 is 0 Å². The Morgan fingerprint density at radius 3 is 2.53 bits per heavy atom. The Labute approximate surface area is 193 Å². The van der Waals surface area contributed by atoms with E-state index in [9.17, 15) is 18.0 Å². The minimum atomic E-state index is -4.45. The number of halogens is 3. The van der Waals surface area contributed by atoms with Crippen LogP contribution in [0.1, 0.15) is 32.9 Å². The number of carbonyl (C=O) groups is 1. The summed E-state index contributed by atoms with van der Waals surface area (Å²) < 4.78 is 50.7. The van der Waals surface area contributed by atoms with Gasteiger partial charge in [0.15, 0.2) is 11.5 Å². The Morgan fingerprint density at radius 2 is 1.91 bits per heavy atom. The van der Waals surface area contributed by atoms with Crippen molar-refractivity contribution >= 4 is 28.4 Å². The molecular weight excluding hydrogens is 451 g/mol. The van der Waals surface area contributed by atoms with Gasteiger partial charge in [0.2, 0.25) is 0 Å². The highest BCUT2D eigenvalue weighted by Gasteiger charge is 2.30. The first-order valence-corrected chi connectivity index (χ1v) is 10.7. The number of rotatable bonds is 4. The van der Waals surface area contributed by atoms with Crippen LogP contribution in [0.15, 0.2) is 36.5 Å². The van der Waals surface area contributed by atoms with E-state index in [0.717, 1.165) is 10.3 Å². The monoisotopic (exact) mass is 475 g/mol. The molecule has 1 N–H and O–H groups in total. The second-order valence-corrected chi connectivity index (χ2v) is 8.81. The van der Waals surface area contributed by atoms with Crippen LogP contribution in [0.4, 0.5) is 23.7 Å². The molecule has 1 amide bonds. The molecule has 0 saturated carbocycles. The molecule has 3 aromatic rings. The topological polar surface area (TPSA) is 91.2 Å². The summed E-state index contributed by atoms with van der Waals surface area (Å²) in [4.78, 5) is 21.1. The van der Waals surface area contributed by atoms with Gasteiger partial charge in [0, 0.05) is 11.3 Å². The smallest absolute Gasteiger partial charge is 0.412 e. The van der Waals surface area contributed by atoms with Crippen LogP contribution in [-0.4, -0.2) is 50.8 Å². The minimum Gasteiger partial charge on any atom is -0.444 e. The molecule has 1 aliphatic rings. The fourth-order valence-corrected chi connectivity index (χ4v) is 3.48. The van der Waals surface area contributed by atoms with E-state index < -0.39 is 24.4 Å². The highest BCUT2D eigenvalue weighted by molar-refractivity contribution is 5.89. The lowest BCUT2D eigenvalue weighted by Gasteiger charge is -2.19. The van der Waals surface area contributed by atoms with E-state index in [2.05, 4.69) is 20.4 Å². The summed E-state index contributed by atoms with van der Waals surface area (Å²) in [6, 6.07) is 6.65. The SMILES string of the molecule is CC(C)(C)OC(=O)Nc1ccc(-c2nc(C3=CCOCC3)c3cnn(CC(F)(F)F)c3n2)cc1. The molecule has 0 radical (unpaired) electrons. The third-order valence-electron chi connectivity index (χ3n) is 4.88. The molecule has 11 heteroatoms. The predicted molar refractivity (Wildman–Crippen MR) is 120 cm³/mol. The summed E-state index contributed by atoms with van der Waals surface area (Å²) in [5.41, 5.74) is 1.93. The number of benzene rings is 1. The third-order valence-corrected chi connectivity index (χ3v) is 4.88. The first kappa shape index (κ1) is 23.7. The number of aromatic nitrogens is 4. The standard InChI is InChI=1S/C23H24F3N5O3/c1-22(2,3)34-21(32)28-16-6-4-15(5-7-16)19-29-18(14-8-10-33-11-9-14)17-12-27-31(20(17)30-19)13-23(24,25)26/h4-8,12H,9-11,13H2,1-3H3,(H,28,32). The van der Waals surface area contributed by atoms with E-state index in [4.69, 9.17) is 9.47 Å². The molecule has 0 fully saturated rings. The van der Waals surface area contributed by atoms with Gasteiger partial charge in [0.05, 0.1) is 30.5 Å². The third kappa shape index (κ3) is 5.71. The molecule has 1 aliphatic heterocycles. The zero-order chi connectivity index (χ0) is 24.5. The largest absolute Gasteiger partial charge is 0.444 e. The molecule has 2 aromatic heterocycles. The molecule has 0 atom stereocenters. The summed E-state index contributed by atoms with van der Waals surface area (Å²) in [6.45, 7) is 4.92. The number of carbonyl (C=O) groups excluding carboxylic acids is 1. The number of ether oxygens (including phenoxy) is 2. The summed E-state index contributed by atoms with van der Waals surface area (Å²) in [6.07, 6.45) is -1.23. The number of alkyl halides is 3. The Kier molecular flexibility index (Phi) is 6.30. The lowest BCUT2D eigenvalue weighted by atomic mass is 10.0. The van der Waals surface area contributed by atoms with Gasteiger partial charge in [0.1, 0.15) is 12.1 Å². The van der Waals surface area contributed by atoms with Crippen LogP contribution in [0.5, 0.6) is 0 Å². The van der Waals surface area contributed by atoms with Gasteiger partial charge in [-0.15, -0.1) is 0 Å². The lowest BCUT2D eigenvalue weighted by Crippen LogP contribution is -2.27. The number of fused-ring (bicyclic) bond motifs is 1. The summed E-state index contributed by atoms with van der Waals surface area (Å²) in [7, 11) is 0. The molecular formula is C23H24F3N5O3. The van der Waals surface area contributed by atoms with Gasteiger partial charge < -0.3 is 9.47 Å². The molecule has 1 aromatic carbocycles. The van der Waals surface area contributed by atoms with Crippen molar-refractivity contribution in [1.29, 1.82) is 0 Å². The minimum absolute atomic E-state index is 0.0978. The zero-order valence-electron chi connectivity index (χ0n) is 18.9. The quantitative estimate of drug-likeness (QED) is 0.557. The lowest BCUT2D eigenvalue weighted by molar-refractivity contribution is -0.141. The first-order chi connectivity index (χ1) is 16.0. The summed E-state index contributed by atoms with van der Waals surface area (Å²) in [5.74, 6) is 0.252. The van der Waals surface area contributed by atoms with E-state index in [-0.39, 0.29) is 11.5 Å². The van der Waals surface area contributed by atoms with Crippen molar-refractivity contribution in [2.45, 2.75) is 45.5 Å². The molecule has 0 unspecified atom stereocenters. The Morgan fingerprint density at radius 1 is 1.18 bits per heavy atom. The van der Waals surface area contributed by atoms with Crippen LogP contribution in [0, 0.1) is 0 Å². The van der Waals surface area contributed by atoms with Crippen molar-refractivity contribution in [3.8, 4) is 11.4 Å². The van der Waals surface area contributed by atoms with Crippen LogP contribution in [0.2, 0.25) is 0 Å². The molecule has 180 valence electrons. The maximum Gasteiger partial charge on any atom is 0.412 e. The predicted octanol–water partition coefficient (Wildman–Crippen LogP) is 5.21. The number of hydrogen-bond donors (Lipinski definition) is 1. The first-order valence-electron chi connectivity index (χ1n) is 10.7. The molecule has 0 aliphatic carbocycles. The Balaban J connectivity index is 1.71. The molecule has 0 bridgehead atoms. The van der Waals surface area contributed by atoms with Crippen molar-refractivity contribution in [2.75, 3.05) is 18.5 Å². The number of nitrogens with one attached hydrogen (secondary N) is 1. The summed E-state index contributed by atoms with van der Waals surface area (Å²) >= 11 is 0. The highest BCUT2D eigenvalue weighted by Crippen LogP contribution is 2.30. The number of nitrogens with zero attached hydrogens (tertiary/aromatic N) is 4. The molecule has 4 rings (SSSR count). The van der Waals surface area contributed by atoms with Crippen molar-refractivity contribution in [3.63, 3.8) is 0 Å². The van der Waals surface area contributed by atoms with Crippen LogP contribution in [-0.2, 0) is 16.0 Å². The van der Waals surface area contributed by atoms with Crippen molar-refractivity contribution in [3.05, 3.63) is 42.2 Å². The number of amides is 1. The average molecular weight is 475 g/mol. The Hall–Kier alpha value is -3.47. The maximum absolute atomic E-state index is 13.1. The van der Waals surface area contributed by atoms with Gasteiger partial charge in [-0.3, -0.25) is 5.32 Å². The maximum atomic E-state index is 13.1. The number of hydrogen-bond acceptors (Lipinski definition) is 6. The van der Waals surface area contributed by atoms with E-state index in [1.807, 2.05) is 6.08 Å². The van der Waals surface area contributed by atoms with E-state index >= 15 is 0 Å². The average Bonchev–Trinajstić information content (AvgIpc) is 3.14. The van der Waals surface area contributed by atoms with Crippen molar-refractivity contribution in [2.24, 2.45) is 0 Å². The Bertz CT molecular complexity index is 1230. The van der Waals surface area contributed by atoms with Crippen molar-refractivity contribution in [1.82, 2.24) is 19.7 Å². The van der Waals surface area contributed by atoms with E-state index in [1.54, 1.807) is 45.0 Å². The normalized spacial score (nSPS) is 14.7.